The van der Waals surface area contributed by atoms with Crippen LogP contribution in [0.4, 0.5) is 0 Å². The van der Waals surface area contributed by atoms with Crippen LogP contribution in [-0.2, 0) is 0 Å². The highest BCUT2D eigenvalue weighted by Crippen LogP contribution is 2.09. The van der Waals surface area contributed by atoms with Crippen LogP contribution in [0.3, 0.4) is 0 Å². The van der Waals surface area contributed by atoms with Gasteiger partial charge in [0.05, 0.1) is 0 Å². The van der Waals surface area contributed by atoms with Gasteiger partial charge in [-0.25, -0.2) is 4.98 Å². The molecule has 1 saturated heterocycles. The first-order valence-electron chi connectivity index (χ1n) is 5.37. The van der Waals surface area contributed by atoms with E-state index in [9.17, 15) is 0 Å². The van der Waals surface area contributed by atoms with Gasteiger partial charge in [-0.3, -0.25) is 0 Å². The van der Waals surface area contributed by atoms with Crippen molar-refractivity contribution in [2.24, 2.45) is 0 Å². The molecule has 0 radical (unpaired) electrons. The minimum atomic E-state index is 0.806. The first-order valence-corrected chi connectivity index (χ1v) is 6.16. The lowest BCUT2D eigenvalue weighted by Crippen LogP contribution is -2.22. The summed E-state index contributed by atoms with van der Waals surface area (Å²) in [6.45, 7) is 2.14. The Morgan fingerprint density at radius 2 is 2.12 bits per heavy atom. The summed E-state index contributed by atoms with van der Waals surface area (Å²) in [6, 6.07) is 5.76. The Labute approximate surface area is 104 Å². The van der Waals surface area contributed by atoms with Crippen molar-refractivity contribution in [2.75, 3.05) is 13.1 Å². The first kappa shape index (κ1) is 11.4. The number of hydrogen-bond acceptors (Lipinski definition) is 2. The number of piperidine rings is 1. The van der Waals surface area contributed by atoms with Crippen molar-refractivity contribution in [2.45, 2.75) is 12.8 Å². The van der Waals surface area contributed by atoms with Gasteiger partial charge in [-0.15, -0.1) is 0 Å². The van der Waals surface area contributed by atoms with Crippen molar-refractivity contribution in [3.05, 3.63) is 40.1 Å². The van der Waals surface area contributed by atoms with Crippen molar-refractivity contribution in [3.63, 3.8) is 0 Å². The number of hydrogen-bond donors (Lipinski definition) is 1. The van der Waals surface area contributed by atoms with E-state index in [4.69, 9.17) is 0 Å². The van der Waals surface area contributed by atoms with E-state index in [1.54, 1.807) is 0 Å². The average Bonchev–Trinajstić information content (AvgIpc) is 2.30. The zero-order valence-corrected chi connectivity index (χ0v) is 10.5. The average molecular weight is 277 g/mol. The lowest BCUT2D eigenvalue weighted by molar-refractivity contribution is 0.610. The van der Waals surface area contributed by atoms with Gasteiger partial charge in [0.15, 0.2) is 0 Å². The monoisotopic (exact) mass is 276 g/mol. The standard InChI is InChI=1S/C13H13BrN2/c14-13-6-2-5-12(16-13)4-1-3-11-7-9-15-10-8-11/h2-3,5-6,15H,7-10H2. The topological polar surface area (TPSA) is 24.9 Å². The fourth-order valence-corrected chi connectivity index (χ4v) is 1.93. The van der Waals surface area contributed by atoms with Crippen LogP contribution in [-0.4, -0.2) is 18.1 Å². The van der Waals surface area contributed by atoms with Crippen LogP contribution < -0.4 is 5.32 Å². The second-order valence-corrected chi connectivity index (χ2v) is 4.48. The van der Waals surface area contributed by atoms with Gasteiger partial charge in [0.25, 0.3) is 0 Å². The number of aromatic nitrogens is 1. The number of halogens is 1. The smallest absolute Gasteiger partial charge is 0.114 e. The van der Waals surface area contributed by atoms with E-state index in [0.29, 0.717) is 0 Å². The molecule has 0 aliphatic carbocycles. The molecule has 1 aliphatic rings. The summed E-state index contributed by atoms with van der Waals surface area (Å²) in [5, 5.41) is 3.32. The van der Waals surface area contributed by atoms with E-state index >= 15 is 0 Å². The maximum absolute atomic E-state index is 4.26. The number of nitrogens with one attached hydrogen (secondary N) is 1. The van der Waals surface area contributed by atoms with Crippen molar-refractivity contribution in [1.29, 1.82) is 0 Å². The summed E-state index contributed by atoms with van der Waals surface area (Å²) in [7, 11) is 0. The lowest BCUT2D eigenvalue weighted by Gasteiger charge is -2.13. The number of pyridine rings is 1. The van der Waals surface area contributed by atoms with E-state index in [0.717, 1.165) is 36.2 Å². The largest absolute Gasteiger partial charge is 0.316 e. The van der Waals surface area contributed by atoms with Crippen LogP contribution in [0.15, 0.2) is 34.5 Å². The summed E-state index contributed by atoms with van der Waals surface area (Å²) >= 11 is 3.33. The van der Waals surface area contributed by atoms with Gasteiger partial charge >= 0.3 is 0 Å². The number of rotatable bonds is 0. The van der Waals surface area contributed by atoms with Crippen molar-refractivity contribution in [3.8, 4) is 11.8 Å². The lowest BCUT2D eigenvalue weighted by atomic mass is 10.1. The Morgan fingerprint density at radius 3 is 2.88 bits per heavy atom. The van der Waals surface area contributed by atoms with Crippen molar-refractivity contribution in [1.82, 2.24) is 10.3 Å². The molecule has 1 aromatic rings. The van der Waals surface area contributed by atoms with Crippen molar-refractivity contribution >= 4 is 15.9 Å². The molecule has 0 amide bonds. The maximum atomic E-state index is 4.26. The van der Waals surface area contributed by atoms with Crippen LogP contribution in [0, 0.1) is 11.8 Å². The molecule has 16 heavy (non-hydrogen) atoms. The van der Waals surface area contributed by atoms with Gasteiger partial charge in [-0.05, 0) is 66.0 Å². The molecule has 0 spiro atoms. The normalized spacial score (nSPS) is 15.2. The molecular weight excluding hydrogens is 264 g/mol. The first-order chi connectivity index (χ1) is 7.84. The third kappa shape index (κ3) is 3.48. The zero-order chi connectivity index (χ0) is 11.2. The second kappa shape index (κ2) is 5.83. The van der Waals surface area contributed by atoms with Crippen LogP contribution >= 0.6 is 15.9 Å². The van der Waals surface area contributed by atoms with Gasteiger partial charge in [0, 0.05) is 0 Å². The Hall–Kier alpha value is -1.11. The fourth-order valence-electron chi connectivity index (χ4n) is 1.58. The Balaban J connectivity index is 2.04. The highest BCUT2D eigenvalue weighted by Gasteiger charge is 2.02. The molecule has 2 heterocycles. The molecule has 0 aromatic carbocycles. The van der Waals surface area contributed by atoms with Crippen LogP contribution in [0.25, 0.3) is 0 Å². The molecule has 1 N–H and O–H groups in total. The molecule has 1 aliphatic heterocycles. The predicted octanol–water partition coefficient (Wildman–Crippen LogP) is 2.51. The number of nitrogens with zero attached hydrogens (tertiary/aromatic N) is 1. The minimum Gasteiger partial charge on any atom is -0.316 e. The van der Waals surface area contributed by atoms with Gasteiger partial charge in [-0.1, -0.05) is 17.6 Å². The van der Waals surface area contributed by atoms with E-state index in [2.05, 4.69) is 38.1 Å². The molecule has 3 heteroatoms. The molecule has 2 rings (SSSR count). The molecule has 0 bridgehead atoms. The predicted molar refractivity (Wildman–Crippen MR) is 69.0 cm³/mol. The van der Waals surface area contributed by atoms with Crippen LogP contribution in [0.1, 0.15) is 18.5 Å². The Bertz CT molecular complexity index is 446. The molecule has 82 valence electrons. The van der Waals surface area contributed by atoms with Gasteiger partial charge in [0.2, 0.25) is 0 Å². The van der Waals surface area contributed by atoms with Gasteiger partial charge in [0.1, 0.15) is 10.3 Å². The van der Waals surface area contributed by atoms with Crippen molar-refractivity contribution < 1.29 is 0 Å². The minimum absolute atomic E-state index is 0.806. The summed E-state index contributed by atoms with van der Waals surface area (Å²) in [4.78, 5) is 4.26. The van der Waals surface area contributed by atoms with E-state index in [1.165, 1.54) is 5.57 Å². The van der Waals surface area contributed by atoms with Crippen LogP contribution in [0.2, 0.25) is 0 Å². The van der Waals surface area contributed by atoms with E-state index in [-0.39, 0.29) is 0 Å². The maximum Gasteiger partial charge on any atom is 0.114 e. The third-order valence-electron chi connectivity index (χ3n) is 2.44. The highest BCUT2D eigenvalue weighted by atomic mass is 79.9. The summed E-state index contributed by atoms with van der Waals surface area (Å²) < 4.78 is 0.828. The summed E-state index contributed by atoms with van der Waals surface area (Å²) in [6.07, 6.45) is 4.25. The molecule has 1 fully saturated rings. The molecule has 0 unspecified atom stereocenters. The van der Waals surface area contributed by atoms with Crippen LogP contribution in [0.5, 0.6) is 0 Å². The molecular formula is C13H13BrN2. The van der Waals surface area contributed by atoms with E-state index < -0.39 is 0 Å². The number of allylic oxidation sites excluding steroid dienone is 1. The quantitative estimate of drug-likeness (QED) is 0.582. The second-order valence-electron chi connectivity index (χ2n) is 3.67. The highest BCUT2D eigenvalue weighted by molar-refractivity contribution is 9.10. The Kier molecular flexibility index (Phi) is 4.15. The zero-order valence-electron chi connectivity index (χ0n) is 8.96. The summed E-state index contributed by atoms with van der Waals surface area (Å²) in [5.41, 5.74) is 2.24. The SMILES string of the molecule is Brc1cccc(C#CC=C2CCNCC2)n1. The molecule has 2 nitrogen and oxygen atoms in total. The van der Waals surface area contributed by atoms with Gasteiger partial charge in [-0.2, -0.15) is 0 Å². The molecule has 0 saturated carbocycles. The summed E-state index contributed by atoms with van der Waals surface area (Å²) in [5.74, 6) is 6.12. The third-order valence-corrected chi connectivity index (χ3v) is 2.88. The molecule has 1 aromatic heterocycles. The van der Waals surface area contributed by atoms with Gasteiger partial charge < -0.3 is 5.32 Å². The Morgan fingerprint density at radius 1 is 1.31 bits per heavy atom. The molecule has 0 atom stereocenters. The fraction of sp³-hybridized carbons (Fsp3) is 0.308. The van der Waals surface area contributed by atoms with E-state index in [1.807, 2.05) is 24.3 Å².